The second kappa shape index (κ2) is 24.2. The summed E-state index contributed by atoms with van der Waals surface area (Å²) in [5.74, 6) is -2.27. The maximum absolute atomic E-state index is 12.7. The highest BCUT2D eigenvalue weighted by molar-refractivity contribution is 7.99. The summed E-state index contributed by atoms with van der Waals surface area (Å²) in [5, 5.41) is 31.6. The summed E-state index contributed by atoms with van der Waals surface area (Å²) >= 11 is 1.25. The van der Waals surface area contributed by atoms with Gasteiger partial charge in [0.15, 0.2) is 17.7 Å². The minimum absolute atomic E-state index is 0.0196. The second-order valence-corrected chi connectivity index (χ2v) is 20.0. The van der Waals surface area contributed by atoms with E-state index >= 15 is 0 Å². The zero-order valence-electron chi connectivity index (χ0n) is 34.6. The smallest absolute Gasteiger partial charge is 0.386 e. The van der Waals surface area contributed by atoms with Crippen LogP contribution in [0.5, 0.6) is 0 Å². The summed E-state index contributed by atoms with van der Waals surface area (Å²) in [5.41, 5.74) is 9.47. The number of phosphoric ester groups is 3. The van der Waals surface area contributed by atoms with E-state index < -0.39 is 96.5 Å². The van der Waals surface area contributed by atoms with Crippen molar-refractivity contribution in [3.8, 4) is 0 Å². The van der Waals surface area contributed by atoms with Gasteiger partial charge in [-0.05, 0) is 19.3 Å². The first-order valence-corrected chi connectivity index (χ1v) is 24.7. The van der Waals surface area contributed by atoms with E-state index in [0.29, 0.717) is 31.6 Å². The minimum Gasteiger partial charge on any atom is -0.386 e. The van der Waals surface area contributed by atoms with Gasteiger partial charge in [-0.1, -0.05) is 13.8 Å². The van der Waals surface area contributed by atoms with Gasteiger partial charge in [0.05, 0.1) is 25.3 Å². The number of carbonyl (C=O) groups is 5. The number of thioether (sulfide) groups is 1. The molecule has 33 heteroatoms. The van der Waals surface area contributed by atoms with Gasteiger partial charge >= 0.3 is 23.5 Å². The predicted octanol–water partition coefficient (Wildman–Crippen LogP) is -2.59. The first-order valence-electron chi connectivity index (χ1n) is 19.0. The van der Waals surface area contributed by atoms with Gasteiger partial charge in [-0.2, -0.15) is 16.1 Å². The fraction of sp³-hybridized carbons (Fsp3) is 0.677. The summed E-state index contributed by atoms with van der Waals surface area (Å²) in [7, 11) is -16.5. The Morgan fingerprint density at radius 1 is 0.969 bits per heavy atom. The van der Waals surface area contributed by atoms with Crippen molar-refractivity contribution in [2.75, 3.05) is 50.1 Å². The lowest BCUT2D eigenvalue weighted by Crippen LogP contribution is -2.46. The number of phosphoric acid groups is 3. The molecule has 8 atom stereocenters. The van der Waals surface area contributed by atoms with Gasteiger partial charge in [-0.3, -0.25) is 42.1 Å². The molecule has 1 saturated heterocycles. The van der Waals surface area contributed by atoms with Crippen LogP contribution in [0.15, 0.2) is 12.7 Å². The van der Waals surface area contributed by atoms with E-state index in [9.17, 15) is 67.5 Å². The minimum atomic E-state index is -5.59. The maximum Gasteiger partial charge on any atom is 0.481 e. The number of hydrogen-bond acceptors (Lipinski definition) is 20. The number of hydrogen-bond donors (Lipinski definition) is 12. The number of aliphatic hydroxyl groups excluding tert-OH is 2. The number of aliphatic hydroxyl groups is 2. The number of ether oxygens (including phenoxy) is 1. The number of rotatable bonds is 28. The number of unbranched alkanes of at least 4 members (excludes halogenated alkanes) is 1. The molecule has 1 fully saturated rings. The van der Waals surface area contributed by atoms with Crippen molar-refractivity contribution in [3.63, 3.8) is 0 Å². The van der Waals surface area contributed by atoms with E-state index in [0.717, 1.165) is 17.2 Å². The van der Waals surface area contributed by atoms with Crippen LogP contribution in [-0.4, -0.2) is 154 Å². The highest BCUT2D eigenvalue weighted by atomic mass is 32.2. The van der Waals surface area contributed by atoms with E-state index in [1.54, 1.807) is 0 Å². The molecule has 1 aliphatic rings. The normalized spacial score (nSPS) is 20.7. The monoisotopic (exact) mass is 994 g/mol. The Morgan fingerprint density at radius 3 is 2.30 bits per heavy atom. The average molecular weight is 995 g/mol. The summed E-state index contributed by atoms with van der Waals surface area (Å²) in [4.78, 5) is 110. The Bertz CT molecular complexity index is 2100. The molecule has 29 nitrogen and oxygen atoms in total. The number of anilines is 1. The fourth-order valence-corrected chi connectivity index (χ4v) is 9.16. The van der Waals surface area contributed by atoms with E-state index in [4.69, 9.17) is 25.3 Å². The van der Waals surface area contributed by atoms with Crippen LogP contribution in [0.4, 0.5) is 5.82 Å². The zero-order valence-corrected chi connectivity index (χ0v) is 38.1. The van der Waals surface area contributed by atoms with Crippen LogP contribution in [0.25, 0.3) is 11.2 Å². The Kier molecular flexibility index (Phi) is 20.6. The lowest BCUT2D eigenvalue weighted by Gasteiger charge is -2.30. The number of amides is 5. The molecule has 0 bridgehead atoms. The number of nitrogens with two attached hydrogens (primary N) is 2. The van der Waals surface area contributed by atoms with E-state index in [-0.39, 0.29) is 54.1 Å². The van der Waals surface area contributed by atoms with Gasteiger partial charge < -0.3 is 67.3 Å². The topological polar surface area (TPSA) is 448 Å². The Hall–Kier alpha value is -3.70. The van der Waals surface area contributed by atoms with E-state index in [1.165, 1.54) is 32.5 Å². The molecule has 64 heavy (non-hydrogen) atoms. The Morgan fingerprint density at radius 2 is 1.64 bits per heavy atom. The third-order valence-electron chi connectivity index (χ3n) is 8.84. The van der Waals surface area contributed by atoms with Crippen molar-refractivity contribution in [2.45, 2.75) is 83.1 Å². The molecule has 14 N–H and O–H groups in total. The van der Waals surface area contributed by atoms with E-state index in [1.807, 2.05) is 0 Å². The third kappa shape index (κ3) is 17.9. The molecule has 2 aromatic heterocycles. The number of primary amides is 1. The first kappa shape index (κ1) is 54.6. The van der Waals surface area contributed by atoms with Crippen molar-refractivity contribution in [1.82, 2.24) is 40.8 Å². The zero-order chi connectivity index (χ0) is 48.0. The molecule has 3 unspecified atom stereocenters. The summed E-state index contributed by atoms with van der Waals surface area (Å²) in [6, 6.07) is -0.780. The molecule has 362 valence electrons. The molecule has 0 spiro atoms. The maximum atomic E-state index is 12.7. The predicted molar refractivity (Wildman–Crippen MR) is 221 cm³/mol. The molecule has 2 aromatic rings. The summed E-state index contributed by atoms with van der Waals surface area (Å²) in [6.45, 7) is 2.01. The van der Waals surface area contributed by atoms with Crippen molar-refractivity contribution in [3.05, 3.63) is 12.7 Å². The van der Waals surface area contributed by atoms with Crippen LogP contribution < -0.4 is 32.7 Å². The largest absolute Gasteiger partial charge is 0.481 e. The van der Waals surface area contributed by atoms with Gasteiger partial charge in [-0.15, -0.1) is 0 Å². The van der Waals surface area contributed by atoms with Gasteiger partial charge in [0.25, 0.3) is 0 Å². The number of nitrogens with one attached hydrogen (secondary N) is 4. The molecule has 0 radical (unpaired) electrons. The van der Waals surface area contributed by atoms with Gasteiger partial charge in [0.2, 0.25) is 29.5 Å². The molecule has 0 aromatic carbocycles. The molecule has 0 saturated carbocycles. The van der Waals surface area contributed by atoms with Crippen LogP contribution in [-0.2, 0) is 60.3 Å². The Balaban J connectivity index is 1.37. The standard InChI is InChI=1S/C31H53N10O19P3S/c1-17(42)40-18(27(33)47)6-4-5-8-34-21(44)13-64-11-10-35-20(43)7-9-36-29(48)25(46)31(2,3)14-57-63(54,55)60-62(52,53)56-12-19-24(59-61(49,50)51)23(45)30(58-19)41-16-39-22-26(32)37-15-38-28(22)41/h15-16,18-19,23-25,30,45-46H,4-14H2,1-3H3,(H2,33,47)(H,34,44)(H,35,43)(H,36,48)(H,40,42)(H,52,53)(H,54,55)(H2,32,37,38)(H2,49,50,51)/t18-,19+,23-,24?,25-,30+/m0/s1. The molecule has 3 rings (SSSR count). The number of carbonyl (C=O) groups excluding carboxylic acids is 5. The van der Waals surface area contributed by atoms with E-state index in [2.05, 4.69) is 45.1 Å². The second-order valence-electron chi connectivity index (χ2n) is 14.6. The highest BCUT2D eigenvalue weighted by Crippen LogP contribution is 2.61. The van der Waals surface area contributed by atoms with Crippen LogP contribution in [0.1, 0.15) is 52.7 Å². The number of aromatic nitrogens is 4. The van der Waals surface area contributed by atoms with Gasteiger partial charge in [-0.25, -0.2) is 28.6 Å². The fourth-order valence-electron chi connectivity index (χ4n) is 5.65. The molecular formula is C31H53N10O19P3S. The lowest BCUT2D eigenvalue weighted by atomic mass is 9.87. The van der Waals surface area contributed by atoms with Crippen LogP contribution >= 0.6 is 35.2 Å². The number of nitrogens with zero attached hydrogens (tertiary/aromatic N) is 4. The molecule has 5 amide bonds. The van der Waals surface area contributed by atoms with Crippen LogP contribution in [0.2, 0.25) is 0 Å². The molecule has 3 heterocycles. The van der Waals surface area contributed by atoms with Crippen LogP contribution in [0, 0.1) is 5.41 Å². The average Bonchev–Trinajstić information content (AvgIpc) is 3.74. The number of nitrogen functional groups attached to an aromatic ring is 1. The summed E-state index contributed by atoms with van der Waals surface area (Å²) in [6.07, 6.45) is -5.62. The van der Waals surface area contributed by atoms with Crippen molar-refractivity contribution in [1.29, 1.82) is 0 Å². The van der Waals surface area contributed by atoms with Gasteiger partial charge in [0, 0.05) is 44.1 Å². The summed E-state index contributed by atoms with van der Waals surface area (Å²) < 4.78 is 62.2. The quantitative estimate of drug-likeness (QED) is 0.0307. The molecule has 1 aliphatic heterocycles. The first-order chi connectivity index (χ1) is 29.7. The lowest BCUT2D eigenvalue weighted by molar-refractivity contribution is -0.137. The number of imidazole rings is 1. The number of fused-ring (bicyclic) bond motifs is 1. The highest BCUT2D eigenvalue weighted by Gasteiger charge is 2.50. The molecule has 0 aliphatic carbocycles. The van der Waals surface area contributed by atoms with Crippen LogP contribution in [0.3, 0.4) is 0 Å². The SMILES string of the molecule is CC(=O)N[C@@H](CCCCNC(=O)CSCCNC(=O)CCNC(=O)[C@H](O)C(C)(C)COP(=O)(O)OP(=O)(O)OC[C@H]1O[C@@H](n2cnc3c(N)ncnc32)[C@@H](O)C1OP(=O)(O)O)C(N)=O. The molecular weight excluding hydrogens is 941 g/mol. The van der Waals surface area contributed by atoms with Crippen molar-refractivity contribution < 1.29 is 90.1 Å². The third-order valence-corrected chi connectivity index (χ3v) is 12.9. The van der Waals surface area contributed by atoms with Crippen molar-refractivity contribution in [2.24, 2.45) is 11.1 Å². The Labute approximate surface area is 368 Å². The van der Waals surface area contributed by atoms with Crippen molar-refractivity contribution >= 4 is 81.7 Å². The van der Waals surface area contributed by atoms with Gasteiger partial charge in [0.1, 0.15) is 42.3 Å².